The van der Waals surface area contributed by atoms with Crippen molar-refractivity contribution in [3.05, 3.63) is 95.7 Å². The van der Waals surface area contributed by atoms with Crippen LogP contribution in [0.1, 0.15) is 44.4 Å². The Kier molecular flexibility index (Phi) is 7.82. The summed E-state index contributed by atoms with van der Waals surface area (Å²) in [5, 5.41) is 6.71. The number of rotatable bonds is 7. The van der Waals surface area contributed by atoms with Crippen LogP contribution in [0.5, 0.6) is 0 Å². The first-order chi connectivity index (χ1) is 14.1. The first-order valence-corrected chi connectivity index (χ1v) is 10.3. The van der Waals surface area contributed by atoms with Crippen LogP contribution in [0, 0.1) is 12.3 Å². The van der Waals surface area contributed by atoms with E-state index < -0.39 is 0 Å². The third kappa shape index (κ3) is 7.07. The molecule has 0 atom stereocenters. The number of hydrogen-bond donors (Lipinski definition) is 2. The predicted molar refractivity (Wildman–Crippen MR) is 133 cm³/mol. The number of allylic oxidation sites excluding steroid dienone is 2. The van der Waals surface area contributed by atoms with E-state index in [0.717, 1.165) is 34.9 Å². The number of anilines is 1. The highest BCUT2D eigenvalue weighted by molar-refractivity contribution is 5.94. The second-order valence-corrected chi connectivity index (χ2v) is 8.76. The lowest BCUT2D eigenvalue weighted by molar-refractivity contribution is 0.504. The lowest BCUT2D eigenvalue weighted by Crippen LogP contribution is -2.23. The molecule has 0 amide bonds. The molecule has 0 saturated heterocycles. The molecule has 30 heavy (non-hydrogen) atoms. The average molecular weight is 402 g/mol. The third-order valence-corrected chi connectivity index (χ3v) is 5.15. The zero-order valence-electron chi connectivity index (χ0n) is 19.3. The van der Waals surface area contributed by atoms with Crippen LogP contribution in [0.3, 0.4) is 0 Å². The zero-order valence-corrected chi connectivity index (χ0v) is 19.3. The van der Waals surface area contributed by atoms with Gasteiger partial charge >= 0.3 is 0 Å². The summed E-state index contributed by atoms with van der Waals surface area (Å²) in [6, 6.07) is 16.7. The van der Waals surface area contributed by atoms with Crippen LogP contribution in [0.4, 0.5) is 5.69 Å². The molecule has 0 aliphatic carbocycles. The van der Waals surface area contributed by atoms with E-state index in [4.69, 9.17) is 0 Å². The van der Waals surface area contributed by atoms with E-state index in [-0.39, 0.29) is 5.41 Å². The minimum absolute atomic E-state index is 0.115. The maximum Gasteiger partial charge on any atom is 0.124 e. The summed E-state index contributed by atoms with van der Waals surface area (Å²) in [5.41, 5.74) is 7.71. The van der Waals surface area contributed by atoms with Crippen molar-refractivity contribution in [3.8, 4) is 0 Å². The number of aliphatic imine (C=N–C) groups is 1. The molecule has 158 valence electrons. The SMILES string of the molecule is C=C(Cc1ccc(C(=C)Nc2ccc(C)cc2)cc1)NC(/C=C(\C)C(C)(C)C)=NC. The normalized spacial score (nSPS) is 12.5. The molecule has 0 heterocycles. The summed E-state index contributed by atoms with van der Waals surface area (Å²) < 4.78 is 0. The van der Waals surface area contributed by atoms with Crippen molar-refractivity contribution in [2.45, 2.75) is 41.0 Å². The number of amidine groups is 1. The second-order valence-electron chi connectivity index (χ2n) is 8.76. The molecule has 0 aromatic heterocycles. The van der Waals surface area contributed by atoms with Crippen LogP contribution in [0.15, 0.2) is 84.0 Å². The fourth-order valence-corrected chi connectivity index (χ4v) is 2.76. The Balaban J connectivity index is 1.97. The van der Waals surface area contributed by atoms with Gasteiger partial charge in [-0.15, -0.1) is 0 Å². The standard InChI is InChI=1S/C27H35N3/c1-19-9-15-25(16-10-19)30-22(4)24-13-11-23(12-14-24)18-21(3)29-26(28-8)17-20(2)27(5,6)7/h9-17,30H,3-4,18H2,1-2,5-8H3,(H,28,29)/b20-17+. The Hall–Kier alpha value is -3.07. The van der Waals surface area contributed by atoms with Gasteiger partial charge in [0, 0.05) is 30.5 Å². The van der Waals surface area contributed by atoms with Crippen molar-refractivity contribution >= 4 is 17.2 Å². The van der Waals surface area contributed by atoms with Gasteiger partial charge in [-0.05, 0) is 48.6 Å². The molecule has 3 heteroatoms. The monoisotopic (exact) mass is 401 g/mol. The molecule has 2 aromatic rings. The first kappa shape index (κ1) is 23.2. The summed E-state index contributed by atoms with van der Waals surface area (Å²) in [6.07, 6.45) is 2.83. The number of benzene rings is 2. The molecule has 0 saturated carbocycles. The van der Waals surface area contributed by atoms with Crippen molar-refractivity contribution in [1.82, 2.24) is 5.32 Å². The van der Waals surface area contributed by atoms with Crippen LogP contribution in [0.25, 0.3) is 5.70 Å². The van der Waals surface area contributed by atoms with Crippen molar-refractivity contribution in [1.29, 1.82) is 0 Å². The Morgan fingerprint density at radius 2 is 1.60 bits per heavy atom. The van der Waals surface area contributed by atoms with Gasteiger partial charge in [0.05, 0.1) is 0 Å². The average Bonchev–Trinajstić information content (AvgIpc) is 2.68. The maximum absolute atomic E-state index is 4.35. The largest absolute Gasteiger partial charge is 0.356 e. The van der Waals surface area contributed by atoms with Crippen molar-refractivity contribution in [3.63, 3.8) is 0 Å². The van der Waals surface area contributed by atoms with Gasteiger partial charge in [0.15, 0.2) is 0 Å². The van der Waals surface area contributed by atoms with Crippen LogP contribution < -0.4 is 10.6 Å². The van der Waals surface area contributed by atoms with E-state index in [0.29, 0.717) is 0 Å². The summed E-state index contributed by atoms with van der Waals surface area (Å²) in [7, 11) is 1.80. The number of nitrogens with zero attached hydrogens (tertiary/aromatic N) is 1. The Morgan fingerprint density at radius 3 is 2.13 bits per heavy atom. The Bertz CT molecular complexity index is 937. The smallest absolute Gasteiger partial charge is 0.124 e. The summed E-state index contributed by atoms with van der Waals surface area (Å²) >= 11 is 0. The van der Waals surface area contributed by atoms with E-state index in [2.05, 4.69) is 118 Å². The molecule has 0 radical (unpaired) electrons. The molecular weight excluding hydrogens is 366 g/mol. The summed E-state index contributed by atoms with van der Waals surface area (Å²) in [4.78, 5) is 4.35. The number of nitrogens with one attached hydrogen (secondary N) is 2. The van der Waals surface area contributed by atoms with Gasteiger partial charge in [-0.3, -0.25) is 4.99 Å². The van der Waals surface area contributed by atoms with Gasteiger partial charge in [-0.2, -0.15) is 0 Å². The highest BCUT2D eigenvalue weighted by Gasteiger charge is 2.13. The zero-order chi connectivity index (χ0) is 22.3. The van der Waals surface area contributed by atoms with E-state index >= 15 is 0 Å². The molecule has 0 spiro atoms. The fourth-order valence-electron chi connectivity index (χ4n) is 2.76. The van der Waals surface area contributed by atoms with Crippen molar-refractivity contribution < 1.29 is 0 Å². The topological polar surface area (TPSA) is 36.4 Å². The van der Waals surface area contributed by atoms with Crippen LogP contribution in [-0.4, -0.2) is 12.9 Å². The molecule has 0 aliphatic heterocycles. The Morgan fingerprint density at radius 1 is 1.00 bits per heavy atom. The van der Waals surface area contributed by atoms with Gasteiger partial charge in [-0.1, -0.05) is 81.5 Å². The van der Waals surface area contributed by atoms with Crippen molar-refractivity contribution in [2.75, 3.05) is 12.4 Å². The molecule has 3 nitrogen and oxygen atoms in total. The third-order valence-electron chi connectivity index (χ3n) is 5.15. The molecule has 0 fully saturated rings. The number of hydrogen-bond acceptors (Lipinski definition) is 2. The molecule has 0 bridgehead atoms. The minimum Gasteiger partial charge on any atom is -0.356 e. The molecule has 2 N–H and O–H groups in total. The van der Waals surface area contributed by atoms with Crippen molar-refractivity contribution in [2.24, 2.45) is 10.4 Å². The maximum atomic E-state index is 4.35. The van der Waals surface area contributed by atoms with Gasteiger partial charge in [0.1, 0.15) is 5.84 Å². The molecule has 0 aliphatic rings. The molecule has 2 rings (SSSR count). The fraction of sp³-hybridized carbons (Fsp3) is 0.296. The predicted octanol–water partition coefficient (Wildman–Crippen LogP) is 6.74. The first-order valence-electron chi connectivity index (χ1n) is 10.3. The molecule has 2 aromatic carbocycles. The van der Waals surface area contributed by atoms with E-state index in [9.17, 15) is 0 Å². The Labute approximate surface area is 182 Å². The van der Waals surface area contributed by atoms with Gasteiger partial charge < -0.3 is 10.6 Å². The highest BCUT2D eigenvalue weighted by Crippen LogP contribution is 2.24. The van der Waals surface area contributed by atoms with E-state index in [1.165, 1.54) is 16.7 Å². The molecular formula is C27H35N3. The highest BCUT2D eigenvalue weighted by atomic mass is 15.0. The van der Waals surface area contributed by atoms with Crippen LogP contribution in [0.2, 0.25) is 0 Å². The lowest BCUT2D eigenvalue weighted by atomic mass is 9.87. The minimum atomic E-state index is 0.115. The van der Waals surface area contributed by atoms with Crippen LogP contribution >= 0.6 is 0 Å². The summed E-state index contributed by atoms with van der Waals surface area (Å²) in [6.45, 7) is 19.2. The second kappa shape index (κ2) is 10.1. The van der Waals surface area contributed by atoms with E-state index in [1.807, 2.05) is 0 Å². The number of aryl methyl sites for hydroxylation is 1. The van der Waals surface area contributed by atoms with E-state index in [1.54, 1.807) is 7.05 Å². The van der Waals surface area contributed by atoms with Gasteiger partial charge in [0.2, 0.25) is 0 Å². The lowest BCUT2D eigenvalue weighted by Gasteiger charge is -2.20. The quantitative estimate of drug-likeness (QED) is 0.398. The van der Waals surface area contributed by atoms with Gasteiger partial charge in [0.25, 0.3) is 0 Å². The van der Waals surface area contributed by atoms with Gasteiger partial charge in [-0.25, -0.2) is 0 Å². The molecule has 0 unspecified atom stereocenters. The van der Waals surface area contributed by atoms with Crippen LogP contribution in [-0.2, 0) is 6.42 Å². The summed E-state index contributed by atoms with van der Waals surface area (Å²) in [5.74, 6) is 0.833.